The van der Waals surface area contributed by atoms with Crippen molar-refractivity contribution in [2.24, 2.45) is 0 Å². The molecule has 0 aliphatic rings. The zero-order valence-corrected chi connectivity index (χ0v) is 9.66. The molecule has 0 fully saturated rings. The Hall–Kier alpha value is -1.12. The van der Waals surface area contributed by atoms with Gasteiger partial charge in [0.05, 0.1) is 0 Å². The maximum atomic E-state index is 10.7. The Morgan fingerprint density at radius 2 is 1.86 bits per heavy atom. The van der Waals surface area contributed by atoms with E-state index in [2.05, 4.69) is 0 Å². The van der Waals surface area contributed by atoms with Gasteiger partial charge in [0.1, 0.15) is 0 Å². The Labute approximate surface area is 88.6 Å². The van der Waals surface area contributed by atoms with Crippen LogP contribution in [0.5, 0.6) is 5.75 Å². The molecule has 0 amide bonds. The van der Waals surface area contributed by atoms with E-state index in [0.717, 1.165) is 10.7 Å². The summed E-state index contributed by atoms with van der Waals surface area (Å²) in [5.41, 5.74) is 0.998. The van der Waals surface area contributed by atoms with E-state index >= 15 is 0 Å². The quantitative estimate of drug-likeness (QED) is 0.589. The number of hydrogen-bond acceptors (Lipinski definition) is 3. The summed E-state index contributed by atoms with van der Waals surface area (Å²) in [5.74, 6) is 2.54. The monoisotopic (exact) mass is 258 g/mol. The summed E-state index contributed by atoms with van der Waals surface area (Å²) < 4.78 is 5.99. The minimum atomic E-state index is 0.213. The van der Waals surface area contributed by atoms with Crippen LogP contribution in [-0.4, -0.2) is 34.6 Å². The molecule has 0 radical (unpaired) electrons. The topological polar surface area (TPSA) is 43.4 Å². The van der Waals surface area contributed by atoms with Gasteiger partial charge in [0, 0.05) is 0 Å². The molecule has 1 rings (SSSR count). The van der Waals surface area contributed by atoms with Gasteiger partial charge >= 0.3 is 88.3 Å². The van der Waals surface area contributed by atoms with Gasteiger partial charge in [-0.15, -0.1) is 0 Å². The number of benzene rings is 1. The van der Waals surface area contributed by atoms with Gasteiger partial charge in [-0.3, -0.25) is 0 Å². The summed E-state index contributed by atoms with van der Waals surface area (Å²) in [6.07, 6.45) is 1.46. The molecule has 0 N–H and O–H groups in total. The van der Waals surface area contributed by atoms with E-state index in [9.17, 15) is 9.59 Å². The van der Waals surface area contributed by atoms with Crippen LogP contribution in [0.4, 0.5) is 0 Å². The zero-order chi connectivity index (χ0) is 10.6. The van der Waals surface area contributed by atoms with Gasteiger partial charge in [-0.25, -0.2) is 0 Å². The Morgan fingerprint density at radius 3 is 2.29 bits per heavy atom. The third-order valence-electron chi connectivity index (χ3n) is 1.84. The van der Waals surface area contributed by atoms with Gasteiger partial charge in [-0.2, -0.15) is 0 Å². The number of methoxy groups -OCH3 is 1. The Bertz CT molecular complexity index is 329. The summed E-state index contributed by atoms with van der Waals surface area (Å²) >= 11 is 0.213. The number of carbonyl (C=O) groups is 2. The van der Waals surface area contributed by atoms with Crippen molar-refractivity contribution in [2.75, 3.05) is 7.11 Å². The second-order valence-electron chi connectivity index (χ2n) is 2.57. The molecular weight excluding hydrogens is 247 g/mol. The van der Waals surface area contributed by atoms with Crippen LogP contribution in [0.25, 0.3) is 0 Å². The first-order valence-corrected chi connectivity index (χ1v) is 6.50. The van der Waals surface area contributed by atoms with Crippen LogP contribution >= 0.6 is 0 Å². The molecule has 0 saturated heterocycles. The van der Waals surface area contributed by atoms with E-state index in [1.54, 1.807) is 12.1 Å². The van der Waals surface area contributed by atoms with Crippen LogP contribution in [0, 0.1) is 0 Å². The summed E-state index contributed by atoms with van der Waals surface area (Å²) in [4.78, 5) is 21.4. The third-order valence-corrected chi connectivity index (χ3v) is 3.50. The number of carbonyl (C=O) groups excluding carboxylic acids is 2. The maximum absolute atomic E-state index is 10.7. The first-order chi connectivity index (χ1) is 6.76. The molecule has 0 heterocycles. The first kappa shape index (κ1) is 11.0. The van der Waals surface area contributed by atoms with Crippen molar-refractivity contribution in [3.63, 3.8) is 0 Å². The molecule has 0 aliphatic heterocycles. The molecule has 0 atom stereocenters. The molecule has 4 heteroatoms. The summed E-state index contributed by atoms with van der Waals surface area (Å²) in [5, 5.41) is 0. The van der Waals surface area contributed by atoms with Crippen molar-refractivity contribution < 1.29 is 14.3 Å². The summed E-state index contributed by atoms with van der Waals surface area (Å²) in [7, 11) is 1.51. The SMILES string of the molecule is COc1cc([Se]C)c(C=O)cc1C=O. The molecule has 0 aliphatic carbocycles. The molecule has 0 aromatic heterocycles. The molecule has 74 valence electrons. The standard InChI is InChI=1S/C10H10O3Se/c1-13-9-4-10(14-2)8(6-12)3-7(9)5-11/h3-6H,1-2H3. The van der Waals surface area contributed by atoms with Gasteiger partial charge in [0.25, 0.3) is 0 Å². The number of rotatable bonds is 4. The third kappa shape index (κ3) is 2.03. The molecule has 0 bridgehead atoms. The van der Waals surface area contributed by atoms with Gasteiger partial charge < -0.3 is 0 Å². The molecule has 14 heavy (non-hydrogen) atoms. The van der Waals surface area contributed by atoms with Crippen LogP contribution in [0.2, 0.25) is 5.82 Å². The van der Waals surface area contributed by atoms with E-state index in [1.165, 1.54) is 7.11 Å². The Morgan fingerprint density at radius 1 is 1.21 bits per heavy atom. The van der Waals surface area contributed by atoms with Crippen LogP contribution in [0.15, 0.2) is 12.1 Å². The normalized spacial score (nSPS) is 9.57. The van der Waals surface area contributed by atoms with Crippen molar-refractivity contribution in [1.29, 1.82) is 0 Å². The van der Waals surface area contributed by atoms with Crippen LogP contribution in [0.1, 0.15) is 20.7 Å². The fraction of sp³-hybridized carbons (Fsp3) is 0.200. The second kappa shape index (κ2) is 4.94. The van der Waals surface area contributed by atoms with Gasteiger partial charge in [0.2, 0.25) is 0 Å². The van der Waals surface area contributed by atoms with Crippen LogP contribution in [-0.2, 0) is 0 Å². The van der Waals surface area contributed by atoms with E-state index in [4.69, 9.17) is 4.74 Å². The fourth-order valence-corrected chi connectivity index (χ4v) is 2.32. The van der Waals surface area contributed by atoms with E-state index in [0.29, 0.717) is 23.2 Å². The van der Waals surface area contributed by atoms with Crippen molar-refractivity contribution in [2.45, 2.75) is 5.82 Å². The molecular formula is C10H10O3Se. The number of ether oxygens (including phenoxy) is 1. The van der Waals surface area contributed by atoms with Crippen molar-refractivity contribution >= 4 is 32.0 Å². The fourth-order valence-electron chi connectivity index (χ4n) is 1.13. The zero-order valence-electron chi connectivity index (χ0n) is 7.94. The second-order valence-corrected chi connectivity index (χ2v) is 4.35. The average molecular weight is 257 g/mol. The molecule has 3 nitrogen and oxygen atoms in total. The van der Waals surface area contributed by atoms with Crippen molar-refractivity contribution in [3.8, 4) is 5.75 Å². The van der Waals surface area contributed by atoms with E-state index < -0.39 is 0 Å². The molecule has 0 spiro atoms. The van der Waals surface area contributed by atoms with Gasteiger partial charge in [0.15, 0.2) is 0 Å². The van der Waals surface area contributed by atoms with Crippen molar-refractivity contribution in [3.05, 3.63) is 23.3 Å². The molecule has 0 saturated carbocycles. The molecule has 1 aromatic rings. The van der Waals surface area contributed by atoms with E-state index in [1.807, 2.05) is 5.82 Å². The van der Waals surface area contributed by atoms with Crippen LogP contribution in [0.3, 0.4) is 0 Å². The minimum absolute atomic E-state index is 0.213. The molecule has 1 aromatic carbocycles. The predicted molar refractivity (Wildman–Crippen MR) is 55.0 cm³/mol. The van der Waals surface area contributed by atoms with Gasteiger partial charge in [-0.05, 0) is 0 Å². The average Bonchev–Trinajstić information content (AvgIpc) is 2.26. The summed E-state index contributed by atoms with van der Waals surface area (Å²) in [6, 6.07) is 3.33. The first-order valence-electron chi connectivity index (χ1n) is 3.93. The Balaban J connectivity index is 3.34. The van der Waals surface area contributed by atoms with Gasteiger partial charge in [-0.1, -0.05) is 0 Å². The number of aldehydes is 2. The predicted octanol–water partition coefficient (Wildman–Crippen LogP) is 0.698. The molecule has 0 unspecified atom stereocenters. The van der Waals surface area contributed by atoms with Crippen LogP contribution < -0.4 is 9.20 Å². The summed E-state index contributed by atoms with van der Waals surface area (Å²) in [6.45, 7) is 0. The Kier molecular flexibility index (Phi) is 3.86. The van der Waals surface area contributed by atoms with E-state index in [-0.39, 0.29) is 15.0 Å². The number of hydrogen-bond donors (Lipinski definition) is 0. The van der Waals surface area contributed by atoms with Crippen molar-refractivity contribution in [1.82, 2.24) is 0 Å².